The zero-order chi connectivity index (χ0) is 23.8. The highest BCUT2D eigenvalue weighted by Crippen LogP contribution is 2.29. The van der Waals surface area contributed by atoms with E-state index in [-0.39, 0.29) is 11.5 Å². The maximum Gasteiger partial charge on any atom is 0.308 e. The van der Waals surface area contributed by atoms with Crippen LogP contribution in [-0.2, 0) is 20.8 Å². The van der Waals surface area contributed by atoms with Crippen molar-refractivity contribution in [3.8, 4) is 11.5 Å². The van der Waals surface area contributed by atoms with Gasteiger partial charge in [0.15, 0.2) is 11.5 Å². The van der Waals surface area contributed by atoms with Crippen molar-refractivity contribution in [3.63, 3.8) is 0 Å². The van der Waals surface area contributed by atoms with Gasteiger partial charge in [0.1, 0.15) is 11.5 Å². The molecule has 2 aromatic carbocycles. The minimum atomic E-state index is -0.520. The van der Waals surface area contributed by atoms with Gasteiger partial charge in [-0.25, -0.2) is 0 Å². The van der Waals surface area contributed by atoms with Crippen molar-refractivity contribution in [1.82, 2.24) is 0 Å². The molecule has 0 unspecified atom stereocenters. The first-order valence-corrected chi connectivity index (χ1v) is 12.4. The standard InChI is InChI=1S/C18H16O4.C8H18OS/c1-13(19)21-17-11-10-16(12-18(17)22-14(2)20)9-8-15-6-4-3-5-7-15;1-3-5-7-10(9)8-6-4-2/h3-12H,1-2H3;3-8H2,1-2H3/b9-8+;. The minimum absolute atomic E-state index is 0.220. The van der Waals surface area contributed by atoms with Gasteiger partial charge < -0.3 is 14.0 Å². The summed E-state index contributed by atoms with van der Waals surface area (Å²) in [6.45, 7) is 6.86. The molecule has 0 atom stereocenters. The molecule has 5 nitrogen and oxygen atoms in total. The van der Waals surface area contributed by atoms with E-state index in [9.17, 15) is 14.1 Å². The van der Waals surface area contributed by atoms with Crippen LogP contribution in [0.15, 0.2) is 48.5 Å². The molecular weight excluding hydrogens is 424 g/mol. The van der Waals surface area contributed by atoms with E-state index in [0.29, 0.717) is 0 Å². The molecule has 0 bridgehead atoms. The van der Waals surface area contributed by atoms with Crippen molar-refractivity contribution in [2.45, 2.75) is 53.4 Å². The fourth-order valence-corrected chi connectivity index (χ4v) is 4.00. The van der Waals surface area contributed by atoms with Crippen molar-refractivity contribution in [2.24, 2.45) is 0 Å². The van der Waals surface area contributed by atoms with Crippen LogP contribution in [0.3, 0.4) is 0 Å². The van der Waals surface area contributed by atoms with Crippen LogP contribution in [0.2, 0.25) is 0 Å². The average molecular weight is 459 g/mol. The fraction of sp³-hybridized carbons (Fsp3) is 0.385. The van der Waals surface area contributed by atoms with Crippen LogP contribution in [-0.4, -0.2) is 28.0 Å². The first-order valence-electron chi connectivity index (χ1n) is 10.9. The number of carbonyl (C=O) groups excluding carboxylic acids is 2. The van der Waals surface area contributed by atoms with Crippen molar-refractivity contribution in [3.05, 3.63) is 59.7 Å². The highest BCUT2D eigenvalue weighted by atomic mass is 32.2. The molecule has 0 saturated carbocycles. The summed E-state index contributed by atoms with van der Waals surface area (Å²) in [6, 6.07) is 14.9. The van der Waals surface area contributed by atoms with Crippen LogP contribution in [0.25, 0.3) is 12.2 Å². The largest absolute Gasteiger partial charge is 0.616 e. The Morgan fingerprint density at radius 2 is 1.34 bits per heavy atom. The molecule has 0 aromatic heterocycles. The maximum absolute atomic E-state index is 11.2. The Bertz CT molecular complexity index is 841. The number of carbonyl (C=O) groups is 2. The molecule has 0 N–H and O–H groups in total. The lowest BCUT2D eigenvalue weighted by Crippen LogP contribution is -2.10. The van der Waals surface area contributed by atoms with Crippen LogP contribution in [0, 0.1) is 0 Å². The summed E-state index contributed by atoms with van der Waals surface area (Å²) in [7, 11) is 0. The van der Waals surface area contributed by atoms with Crippen LogP contribution in [0.1, 0.15) is 64.5 Å². The number of hydrogen-bond acceptors (Lipinski definition) is 5. The highest BCUT2D eigenvalue weighted by Gasteiger charge is 2.10. The van der Waals surface area contributed by atoms with Gasteiger partial charge in [0.25, 0.3) is 0 Å². The van der Waals surface area contributed by atoms with E-state index in [1.54, 1.807) is 18.2 Å². The first kappa shape index (κ1) is 27.5. The first-order chi connectivity index (χ1) is 15.3. The number of benzene rings is 2. The molecule has 32 heavy (non-hydrogen) atoms. The third kappa shape index (κ3) is 12.3. The van der Waals surface area contributed by atoms with E-state index >= 15 is 0 Å². The van der Waals surface area contributed by atoms with Gasteiger partial charge >= 0.3 is 11.9 Å². The molecule has 0 fully saturated rings. The molecule has 0 spiro atoms. The van der Waals surface area contributed by atoms with E-state index in [0.717, 1.165) is 48.3 Å². The number of rotatable bonds is 10. The molecule has 2 aromatic rings. The van der Waals surface area contributed by atoms with E-state index < -0.39 is 23.1 Å². The smallest absolute Gasteiger partial charge is 0.308 e. The quantitative estimate of drug-likeness (QED) is 0.188. The predicted molar refractivity (Wildman–Crippen MR) is 132 cm³/mol. The van der Waals surface area contributed by atoms with E-state index in [1.807, 2.05) is 42.5 Å². The van der Waals surface area contributed by atoms with Gasteiger partial charge in [-0.05, 0) is 36.1 Å². The Balaban J connectivity index is 0.000000433. The number of ether oxygens (including phenoxy) is 2. The molecule has 6 heteroatoms. The van der Waals surface area contributed by atoms with Gasteiger partial charge in [-0.15, -0.1) is 0 Å². The molecule has 0 radical (unpaired) electrons. The number of unbranched alkanes of at least 4 members (excludes halogenated alkanes) is 2. The summed E-state index contributed by atoms with van der Waals surface area (Å²) in [5, 5.41) is 0. The van der Waals surface area contributed by atoms with E-state index in [1.165, 1.54) is 13.8 Å². The second kappa shape index (κ2) is 16.1. The highest BCUT2D eigenvalue weighted by molar-refractivity contribution is 7.91. The lowest BCUT2D eigenvalue weighted by atomic mass is 10.1. The fourth-order valence-electron chi connectivity index (χ4n) is 2.57. The molecule has 174 valence electrons. The molecule has 0 aliphatic rings. The Hall–Kier alpha value is -2.57. The predicted octanol–water partition coefficient (Wildman–Crippen LogP) is 6.04. The van der Waals surface area contributed by atoms with Crippen molar-refractivity contribution in [2.75, 3.05) is 11.5 Å². The SMILES string of the molecule is CC(=O)Oc1ccc(/C=C/c2ccccc2)cc1OC(C)=O.CCCC[S+]([O-])CCCC. The van der Waals surface area contributed by atoms with Crippen molar-refractivity contribution in [1.29, 1.82) is 0 Å². The summed E-state index contributed by atoms with van der Waals surface area (Å²) in [5.41, 5.74) is 1.89. The summed E-state index contributed by atoms with van der Waals surface area (Å²) in [4.78, 5) is 22.2. The molecule has 0 amide bonds. The van der Waals surface area contributed by atoms with Crippen LogP contribution in [0.5, 0.6) is 11.5 Å². The Morgan fingerprint density at radius 1 is 0.812 bits per heavy atom. The minimum Gasteiger partial charge on any atom is -0.616 e. The lowest BCUT2D eigenvalue weighted by molar-refractivity contribution is -0.134. The molecule has 2 rings (SSSR count). The van der Waals surface area contributed by atoms with Crippen LogP contribution >= 0.6 is 0 Å². The Morgan fingerprint density at radius 3 is 1.88 bits per heavy atom. The Kier molecular flexibility index (Phi) is 13.8. The molecule has 0 aliphatic heterocycles. The van der Waals surface area contributed by atoms with Crippen molar-refractivity contribution < 1.29 is 23.6 Å². The second-order valence-electron chi connectivity index (χ2n) is 7.19. The van der Waals surface area contributed by atoms with Gasteiger partial charge in [0.2, 0.25) is 0 Å². The summed E-state index contributed by atoms with van der Waals surface area (Å²) >= 11 is -0.520. The van der Waals surface area contributed by atoms with Gasteiger partial charge in [-0.2, -0.15) is 0 Å². The van der Waals surface area contributed by atoms with Gasteiger partial charge in [0.05, 0.1) is 0 Å². The zero-order valence-electron chi connectivity index (χ0n) is 19.5. The van der Waals surface area contributed by atoms with Gasteiger partial charge in [-0.3, -0.25) is 9.59 Å². The van der Waals surface area contributed by atoms with Crippen molar-refractivity contribution >= 4 is 35.3 Å². The van der Waals surface area contributed by atoms with E-state index in [2.05, 4.69) is 13.8 Å². The van der Waals surface area contributed by atoms with Crippen LogP contribution < -0.4 is 9.47 Å². The Labute approximate surface area is 195 Å². The van der Waals surface area contributed by atoms with Gasteiger partial charge in [-0.1, -0.05) is 86.4 Å². The molecule has 0 heterocycles. The average Bonchev–Trinajstić information content (AvgIpc) is 2.77. The second-order valence-corrected chi connectivity index (χ2v) is 8.89. The van der Waals surface area contributed by atoms with E-state index in [4.69, 9.17) is 9.47 Å². The van der Waals surface area contributed by atoms with Crippen LogP contribution in [0.4, 0.5) is 0 Å². The maximum atomic E-state index is 11.2. The summed E-state index contributed by atoms with van der Waals surface area (Å²) in [6.07, 6.45) is 8.40. The summed E-state index contributed by atoms with van der Waals surface area (Å²) < 4.78 is 21.2. The number of esters is 2. The third-order valence-corrected chi connectivity index (χ3v) is 5.68. The normalized spacial score (nSPS) is 10.6. The molecule has 0 saturated heterocycles. The van der Waals surface area contributed by atoms with Gasteiger partial charge in [0, 0.05) is 13.8 Å². The molecular formula is C26H34O5S. The molecule has 0 aliphatic carbocycles. The zero-order valence-corrected chi connectivity index (χ0v) is 20.3. The lowest BCUT2D eigenvalue weighted by Gasteiger charge is -2.09. The number of hydrogen-bond donors (Lipinski definition) is 0. The third-order valence-electron chi connectivity index (χ3n) is 4.19. The summed E-state index contributed by atoms with van der Waals surface area (Å²) in [5.74, 6) is 1.32. The topological polar surface area (TPSA) is 75.7 Å². The monoisotopic (exact) mass is 458 g/mol.